The lowest BCUT2D eigenvalue weighted by Gasteiger charge is -2.11. The van der Waals surface area contributed by atoms with Crippen molar-refractivity contribution in [1.29, 1.82) is 0 Å². The number of hydrogen-bond donors (Lipinski definition) is 0. The molecule has 1 heterocycles. The molecule has 1 saturated carbocycles. The SMILES string of the molecule is O=C(Cc1ccsc1)C1CCCCCC1. The first kappa shape index (κ1) is 10.9. The maximum absolute atomic E-state index is 12.0. The predicted octanol–water partition coefficient (Wildman–Crippen LogP) is 3.83. The molecule has 1 aromatic rings. The molecular formula is C13H18OS. The van der Waals surface area contributed by atoms with Crippen LogP contribution in [0.25, 0.3) is 0 Å². The highest BCUT2D eigenvalue weighted by molar-refractivity contribution is 7.07. The Labute approximate surface area is 95.5 Å². The number of carbonyl (C=O) groups excluding carboxylic acids is 1. The monoisotopic (exact) mass is 222 g/mol. The Bertz CT molecular complexity index is 294. The van der Waals surface area contributed by atoms with Crippen molar-refractivity contribution in [2.45, 2.75) is 44.9 Å². The summed E-state index contributed by atoms with van der Waals surface area (Å²) in [6.07, 6.45) is 8.06. The molecule has 2 rings (SSSR count). The van der Waals surface area contributed by atoms with Gasteiger partial charge in [0.1, 0.15) is 5.78 Å². The summed E-state index contributed by atoms with van der Waals surface area (Å²) in [5, 5.41) is 4.14. The first-order valence-corrected chi connectivity index (χ1v) is 6.84. The predicted molar refractivity (Wildman–Crippen MR) is 64.2 cm³/mol. The minimum Gasteiger partial charge on any atom is -0.299 e. The molecule has 1 aromatic heterocycles. The quantitative estimate of drug-likeness (QED) is 0.710. The van der Waals surface area contributed by atoms with Gasteiger partial charge in [0.25, 0.3) is 0 Å². The van der Waals surface area contributed by atoms with Gasteiger partial charge < -0.3 is 0 Å². The van der Waals surface area contributed by atoms with Crippen molar-refractivity contribution in [2.75, 3.05) is 0 Å². The minimum atomic E-state index is 0.354. The van der Waals surface area contributed by atoms with E-state index in [9.17, 15) is 4.79 Å². The number of rotatable bonds is 3. The van der Waals surface area contributed by atoms with E-state index in [2.05, 4.69) is 16.8 Å². The summed E-state index contributed by atoms with van der Waals surface area (Å²) in [6, 6.07) is 2.07. The van der Waals surface area contributed by atoms with E-state index in [0.29, 0.717) is 18.1 Å². The summed E-state index contributed by atoms with van der Waals surface area (Å²) in [7, 11) is 0. The van der Waals surface area contributed by atoms with E-state index in [1.165, 1.54) is 31.2 Å². The van der Waals surface area contributed by atoms with Crippen molar-refractivity contribution >= 4 is 17.1 Å². The van der Waals surface area contributed by atoms with Crippen LogP contribution in [0.1, 0.15) is 44.1 Å². The van der Waals surface area contributed by atoms with Gasteiger partial charge in [-0.3, -0.25) is 4.79 Å². The molecule has 0 radical (unpaired) electrons. The molecule has 0 amide bonds. The number of Topliss-reactive ketones (excluding diaryl/α,β-unsaturated/α-hetero) is 1. The molecule has 0 aliphatic heterocycles. The maximum Gasteiger partial charge on any atom is 0.140 e. The number of hydrogen-bond acceptors (Lipinski definition) is 2. The van der Waals surface area contributed by atoms with Crippen LogP contribution in [0.15, 0.2) is 16.8 Å². The summed E-state index contributed by atoms with van der Waals surface area (Å²) >= 11 is 1.68. The largest absolute Gasteiger partial charge is 0.299 e. The van der Waals surface area contributed by atoms with Gasteiger partial charge in [-0.25, -0.2) is 0 Å². The second-order valence-corrected chi connectivity index (χ2v) is 5.24. The second-order valence-electron chi connectivity index (χ2n) is 4.46. The zero-order valence-corrected chi connectivity index (χ0v) is 9.89. The van der Waals surface area contributed by atoms with Crippen LogP contribution in [0.4, 0.5) is 0 Å². The van der Waals surface area contributed by atoms with Gasteiger partial charge in [-0.2, -0.15) is 11.3 Å². The molecule has 0 saturated heterocycles. The van der Waals surface area contributed by atoms with Gasteiger partial charge in [0.15, 0.2) is 0 Å². The van der Waals surface area contributed by atoms with E-state index in [1.54, 1.807) is 11.3 Å². The van der Waals surface area contributed by atoms with Crippen LogP contribution in [0.5, 0.6) is 0 Å². The van der Waals surface area contributed by atoms with Crippen LogP contribution in [0, 0.1) is 5.92 Å². The van der Waals surface area contributed by atoms with E-state index in [4.69, 9.17) is 0 Å². The molecule has 0 bridgehead atoms. The lowest BCUT2D eigenvalue weighted by atomic mass is 9.92. The molecule has 0 spiro atoms. The highest BCUT2D eigenvalue weighted by atomic mass is 32.1. The average Bonchev–Trinajstić information content (AvgIpc) is 2.58. The topological polar surface area (TPSA) is 17.1 Å². The van der Waals surface area contributed by atoms with Crippen molar-refractivity contribution in [3.05, 3.63) is 22.4 Å². The third kappa shape index (κ3) is 3.16. The maximum atomic E-state index is 12.0. The van der Waals surface area contributed by atoms with E-state index in [1.807, 2.05) is 0 Å². The molecule has 1 aliphatic carbocycles. The fourth-order valence-electron chi connectivity index (χ4n) is 2.34. The molecule has 82 valence electrons. The molecule has 15 heavy (non-hydrogen) atoms. The van der Waals surface area contributed by atoms with Crippen LogP contribution in [-0.4, -0.2) is 5.78 Å². The fourth-order valence-corrected chi connectivity index (χ4v) is 3.01. The third-order valence-electron chi connectivity index (χ3n) is 3.27. The molecule has 0 N–H and O–H groups in total. The van der Waals surface area contributed by atoms with E-state index >= 15 is 0 Å². The van der Waals surface area contributed by atoms with Gasteiger partial charge in [-0.15, -0.1) is 0 Å². The first-order chi connectivity index (χ1) is 7.36. The summed E-state index contributed by atoms with van der Waals surface area (Å²) in [5.41, 5.74) is 1.20. The average molecular weight is 222 g/mol. The van der Waals surface area contributed by atoms with E-state index < -0.39 is 0 Å². The lowest BCUT2D eigenvalue weighted by Crippen LogP contribution is -2.15. The molecule has 1 aliphatic rings. The highest BCUT2D eigenvalue weighted by Gasteiger charge is 2.19. The Kier molecular flexibility index (Phi) is 3.95. The molecule has 0 atom stereocenters. The van der Waals surface area contributed by atoms with Crippen LogP contribution in [-0.2, 0) is 11.2 Å². The van der Waals surface area contributed by atoms with Gasteiger partial charge in [-0.1, -0.05) is 25.7 Å². The van der Waals surface area contributed by atoms with Crippen LogP contribution in [0.3, 0.4) is 0 Å². The second kappa shape index (κ2) is 5.45. The van der Waals surface area contributed by atoms with Crippen LogP contribution in [0.2, 0.25) is 0 Å². The van der Waals surface area contributed by atoms with Crippen molar-refractivity contribution in [3.8, 4) is 0 Å². The van der Waals surface area contributed by atoms with Crippen molar-refractivity contribution in [3.63, 3.8) is 0 Å². The number of thiophene rings is 1. The lowest BCUT2D eigenvalue weighted by molar-refractivity contribution is -0.122. The molecule has 1 fully saturated rings. The number of carbonyl (C=O) groups is 1. The summed E-state index contributed by atoms with van der Waals surface area (Å²) in [5.74, 6) is 0.822. The molecule has 0 aromatic carbocycles. The fraction of sp³-hybridized carbons (Fsp3) is 0.615. The van der Waals surface area contributed by atoms with Crippen LogP contribution < -0.4 is 0 Å². The van der Waals surface area contributed by atoms with Gasteiger partial charge in [0, 0.05) is 12.3 Å². The normalized spacial score (nSPS) is 18.7. The summed E-state index contributed by atoms with van der Waals surface area (Å²) < 4.78 is 0. The summed E-state index contributed by atoms with van der Waals surface area (Å²) in [6.45, 7) is 0. The molecule has 1 nitrogen and oxygen atoms in total. The smallest absolute Gasteiger partial charge is 0.140 e. The Morgan fingerprint density at radius 2 is 2.00 bits per heavy atom. The van der Waals surface area contributed by atoms with Crippen molar-refractivity contribution in [1.82, 2.24) is 0 Å². The first-order valence-electron chi connectivity index (χ1n) is 5.90. The van der Waals surface area contributed by atoms with Crippen molar-refractivity contribution in [2.24, 2.45) is 5.92 Å². The van der Waals surface area contributed by atoms with E-state index in [-0.39, 0.29) is 0 Å². The standard InChI is InChI=1S/C13H18OS/c14-13(9-11-7-8-15-10-11)12-5-3-1-2-4-6-12/h7-8,10,12H,1-6,9H2. The Morgan fingerprint density at radius 1 is 1.27 bits per heavy atom. The Balaban J connectivity index is 1.89. The van der Waals surface area contributed by atoms with Gasteiger partial charge >= 0.3 is 0 Å². The third-order valence-corrected chi connectivity index (χ3v) is 4.00. The van der Waals surface area contributed by atoms with E-state index in [0.717, 1.165) is 12.8 Å². The molecule has 0 unspecified atom stereocenters. The van der Waals surface area contributed by atoms with Gasteiger partial charge in [0.2, 0.25) is 0 Å². The van der Waals surface area contributed by atoms with Crippen molar-refractivity contribution < 1.29 is 4.79 Å². The Hall–Kier alpha value is -0.630. The van der Waals surface area contributed by atoms with Crippen LogP contribution >= 0.6 is 11.3 Å². The Morgan fingerprint density at radius 3 is 2.60 bits per heavy atom. The minimum absolute atomic E-state index is 0.354. The van der Waals surface area contributed by atoms with Gasteiger partial charge in [-0.05, 0) is 35.2 Å². The molecular weight excluding hydrogens is 204 g/mol. The van der Waals surface area contributed by atoms with Gasteiger partial charge in [0.05, 0.1) is 0 Å². The zero-order valence-electron chi connectivity index (χ0n) is 9.08. The summed E-state index contributed by atoms with van der Waals surface area (Å²) in [4.78, 5) is 12.0. The highest BCUT2D eigenvalue weighted by Crippen LogP contribution is 2.24. The molecule has 2 heteroatoms. The zero-order chi connectivity index (χ0) is 10.5. The number of ketones is 1.